The van der Waals surface area contributed by atoms with Crippen molar-refractivity contribution < 1.29 is 14.3 Å². The number of nitrogens with two attached hydrogens (primary N) is 1. The Balaban J connectivity index is 2.77. The highest BCUT2D eigenvalue weighted by Gasteiger charge is 2.15. The summed E-state index contributed by atoms with van der Waals surface area (Å²) >= 11 is 0. The number of rotatable bonds is 4. The summed E-state index contributed by atoms with van der Waals surface area (Å²) in [6.07, 6.45) is 1.60. The van der Waals surface area contributed by atoms with Gasteiger partial charge in [0.05, 0.1) is 18.6 Å². The largest absolute Gasteiger partial charge is 0.462 e. The number of hydrogen-bond acceptors (Lipinski definition) is 4. The molecule has 0 fully saturated rings. The van der Waals surface area contributed by atoms with Crippen molar-refractivity contribution in [1.29, 1.82) is 0 Å². The van der Waals surface area contributed by atoms with Crippen LogP contribution in [0.4, 0.5) is 0 Å². The Morgan fingerprint density at radius 3 is 2.93 bits per heavy atom. The third kappa shape index (κ3) is 2.81. The molecule has 0 unspecified atom stereocenters. The van der Waals surface area contributed by atoms with E-state index in [9.17, 15) is 9.59 Å². The lowest BCUT2D eigenvalue weighted by Gasteiger charge is -2.03. The number of amides is 1. The number of H-pyrrole nitrogens is 1. The van der Waals surface area contributed by atoms with Crippen LogP contribution in [-0.4, -0.2) is 23.5 Å². The molecule has 1 amide bonds. The molecular weight excluding hydrogens is 198 g/mol. The van der Waals surface area contributed by atoms with Crippen LogP contribution < -0.4 is 11.3 Å². The van der Waals surface area contributed by atoms with Crippen LogP contribution in [0, 0.1) is 0 Å². The van der Waals surface area contributed by atoms with E-state index < -0.39 is 5.97 Å². The molecule has 1 aromatic rings. The summed E-state index contributed by atoms with van der Waals surface area (Å²) in [5.74, 6) is 4.13. The van der Waals surface area contributed by atoms with E-state index in [0.717, 1.165) is 0 Å². The Hall–Kier alpha value is -1.82. The second kappa shape index (κ2) is 5.16. The molecular formula is C9H13N3O3. The van der Waals surface area contributed by atoms with E-state index in [2.05, 4.69) is 4.98 Å². The molecule has 0 aromatic carbocycles. The summed E-state index contributed by atoms with van der Waals surface area (Å²) in [5.41, 5.74) is 2.85. The smallest absolute Gasteiger partial charge is 0.339 e. The summed E-state index contributed by atoms with van der Waals surface area (Å²) in [7, 11) is 0. The molecule has 0 bridgehead atoms. The molecule has 0 aliphatic heterocycles. The topological polar surface area (TPSA) is 97.2 Å². The molecule has 0 saturated carbocycles. The van der Waals surface area contributed by atoms with Gasteiger partial charge >= 0.3 is 5.97 Å². The van der Waals surface area contributed by atoms with Gasteiger partial charge in [-0.05, 0) is 13.0 Å². The molecule has 15 heavy (non-hydrogen) atoms. The molecule has 0 atom stereocenters. The zero-order valence-electron chi connectivity index (χ0n) is 8.37. The average molecular weight is 211 g/mol. The SMILES string of the molecule is CCOC(=O)c1cc[nH]c1CC(=O)NN. The second-order valence-corrected chi connectivity index (χ2v) is 2.83. The summed E-state index contributed by atoms with van der Waals surface area (Å²) in [4.78, 5) is 25.2. The van der Waals surface area contributed by atoms with Gasteiger partial charge in [-0.2, -0.15) is 0 Å². The number of hydrogen-bond donors (Lipinski definition) is 3. The summed E-state index contributed by atoms with van der Waals surface area (Å²) in [5, 5.41) is 0. The quantitative estimate of drug-likeness (QED) is 0.276. The van der Waals surface area contributed by atoms with E-state index >= 15 is 0 Å². The van der Waals surface area contributed by atoms with Gasteiger partial charge in [-0.25, -0.2) is 10.6 Å². The van der Waals surface area contributed by atoms with Crippen LogP contribution in [0.15, 0.2) is 12.3 Å². The first-order chi connectivity index (χ1) is 7.19. The molecule has 1 heterocycles. The lowest BCUT2D eigenvalue weighted by molar-refractivity contribution is -0.120. The predicted molar refractivity (Wildman–Crippen MR) is 52.8 cm³/mol. The minimum Gasteiger partial charge on any atom is -0.462 e. The fourth-order valence-electron chi connectivity index (χ4n) is 1.16. The minimum absolute atomic E-state index is 0.0254. The number of carbonyl (C=O) groups is 2. The van der Waals surface area contributed by atoms with Crippen molar-refractivity contribution in [2.24, 2.45) is 5.84 Å². The number of aromatic amines is 1. The number of aromatic nitrogens is 1. The molecule has 6 nitrogen and oxygen atoms in total. The van der Waals surface area contributed by atoms with Crippen molar-refractivity contribution in [1.82, 2.24) is 10.4 Å². The molecule has 6 heteroatoms. The Morgan fingerprint density at radius 2 is 2.33 bits per heavy atom. The molecule has 1 rings (SSSR count). The third-order valence-electron chi connectivity index (χ3n) is 1.83. The zero-order chi connectivity index (χ0) is 11.3. The maximum atomic E-state index is 11.4. The van der Waals surface area contributed by atoms with Crippen molar-refractivity contribution in [3.63, 3.8) is 0 Å². The first kappa shape index (κ1) is 11.3. The van der Waals surface area contributed by atoms with E-state index in [0.29, 0.717) is 17.9 Å². The maximum Gasteiger partial charge on any atom is 0.339 e. The van der Waals surface area contributed by atoms with Gasteiger partial charge in [-0.15, -0.1) is 0 Å². The monoisotopic (exact) mass is 211 g/mol. The van der Waals surface area contributed by atoms with Crippen LogP contribution in [0.1, 0.15) is 23.0 Å². The number of nitrogens with one attached hydrogen (secondary N) is 2. The van der Waals surface area contributed by atoms with E-state index in [-0.39, 0.29) is 12.3 Å². The van der Waals surface area contributed by atoms with Crippen LogP contribution in [0.2, 0.25) is 0 Å². The molecule has 0 aliphatic carbocycles. The Labute approximate surface area is 86.8 Å². The lowest BCUT2D eigenvalue weighted by atomic mass is 10.2. The van der Waals surface area contributed by atoms with Crippen LogP contribution in [0.25, 0.3) is 0 Å². The molecule has 0 saturated heterocycles. The highest BCUT2D eigenvalue weighted by molar-refractivity contribution is 5.92. The average Bonchev–Trinajstić information content (AvgIpc) is 2.66. The lowest BCUT2D eigenvalue weighted by Crippen LogP contribution is -2.31. The summed E-state index contributed by atoms with van der Waals surface area (Å²) in [6.45, 7) is 2.02. The zero-order valence-corrected chi connectivity index (χ0v) is 8.37. The van der Waals surface area contributed by atoms with E-state index in [4.69, 9.17) is 10.6 Å². The van der Waals surface area contributed by atoms with E-state index in [1.807, 2.05) is 5.43 Å². The van der Waals surface area contributed by atoms with Crippen LogP contribution in [-0.2, 0) is 16.0 Å². The molecule has 1 aromatic heterocycles. The standard InChI is InChI=1S/C9H13N3O3/c1-2-15-9(14)6-3-4-11-7(6)5-8(13)12-10/h3-4,11H,2,5,10H2,1H3,(H,12,13). The highest BCUT2D eigenvalue weighted by Crippen LogP contribution is 2.09. The van der Waals surface area contributed by atoms with Crippen molar-refractivity contribution in [3.8, 4) is 0 Å². The second-order valence-electron chi connectivity index (χ2n) is 2.83. The van der Waals surface area contributed by atoms with Gasteiger partial charge < -0.3 is 9.72 Å². The van der Waals surface area contributed by atoms with Crippen molar-refractivity contribution in [3.05, 3.63) is 23.5 Å². The number of hydrazine groups is 1. The summed E-state index contributed by atoms with van der Waals surface area (Å²) in [6, 6.07) is 1.57. The van der Waals surface area contributed by atoms with Crippen molar-refractivity contribution >= 4 is 11.9 Å². The van der Waals surface area contributed by atoms with Gasteiger partial charge in [0.25, 0.3) is 0 Å². The fourth-order valence-corrected chi connectivity index (χ4v) is 1.16. The van der Waals surface area contributed by atoms with Gasteiger partial charge in [0.15, 0.2) is 0 Å². The van der Waals surface area contributed by atoms with Crippen LogP contribution in [0.3, 0.4) is 0 Å². The first-order valence-electron chi connectivity index (χ1n) is 4.51. The van der Waals surface area contributed by atoms with E-state index in [1.165, 1.54) is 0 Å². The first-order valence-corrected chi connectivity index (χ1v) is 4.51. The fraction of sp³-hybridized carbons (Fsp3) is 0.333. The van der Waals surface area contributed by atoms with Gasteiger partial charge in [-0.3, -0.25) is 10.2 Å². The van der Waals surface area contributed by atoms with Gasteiger partial charge in [-0.1, -0.05) is 0 Å². The van der Waals surface area contributed by atoms with Crippen molar-refractivity contribution in [2.45, 2.75) is 13.3 Å². The number of esters is 1. The van der Waals surface area contributed by atoms with Crippen LogP contribution in [0.5, 0.6) is 0 Å². The normalized spacial score (nSPS) is 9.73. The van der Waals surface area contributed by atoms with Crippen molar-refractivity contribution in [2.75, 3.05) is 6.61 Å². The Kier molecular flexibility index (Phi) is 3.87. The highest BCUT2D eigenvalue weighted by atomic mass is 16.5. The Bertz CT molecular complexity index is 359. The molecule has 0 aliphatic rings. The van der Waals surface area contributed by atoms with Crippen LogP contribution >= 0.6 is 0 Å². The summed E-state index contributed by atoms with van der Waals surface area (Å²) < 4.78 is 4.82. The number of ether oxygens (including phenoxy) is 1. The molecule has 0 spiro atoms. The van der Waals surface area contributed by atoms with Gasteiger partial charge in [0, 0.05) is 11.9 Å². The van der Waals surface area contributed by atoms with E-state index in [1.54, 1.807) is 19.2 Å². The third-order valence-corrected chi connectivity index (χ3v) is 1.83. The minimum atomic E-state index is -0.446. The molecule has 82 valence electrons. The molecule has 0 radical (unpaired) electrons. The molecule has 4 N–H and O–H groups in total. The number of carbonyl (C=O) groups excluding carboxylic acids is 2. The van der Waals surface area contributed by atoms with Gasteiger partial charge in [0.1, 0.15) is 0 Å². The maximum absolute atomic E-state index is 11.4. The van der Waals surface area contributed by atoms with Gasteiger partial charge in [0.2, 0.25) is 5.91 Å². The Morgan fingerprint density at radius 1 is 1.60 bits per heavy atom. The predicted octanol–water partition coefficient (Wildman–Crippen LogP) is -0.276.